The number of benzene rings is 2. The van der Waals surface area contributed by atoms with E-state index in [1.165, 1.54) is 10.7 Å². The molecule has 0 aliphatic carbocycles. The van der Waals surface area contributed by atoms with Gasteiger partial charge in [-0.05, 0) is 42.2 Å². The van der Waals surface area contributed by atoms with Crippen LogP contribution in [0.5, 0.6) is 0 Å². The van der Waals surface area contributed by atoms with Crippen molar-refractivity contribution in [1.82, 2.24) is 15.1 Å². The number of aromatic nitrogens is 2. The Hall–Kier alpha value is -2.95. The largest absolute Gasteiger partial charge is 0.352 e. The third kappa shape index (κ3) is 5.76. The third-order valence-corrected chi connectivity index (χ3v) is 5.03. The second-order valence-corrected chi connectivity index (χ2v) is 8.07. The van der Waals surface area contributed by atoms with Gasteiger partial charge in [0.25, 0.3) is 5.56 Å². The van der Waals surface area contributed by atoms with E-state index in [0.717, 1.165) is 35.6 Å². The maximum absolute atomic E-state index is 12.4. The molecule has 0 fully saturated rings. The summed E-state index contributed by atoms with van der Waals surface area (Å²) >= 11 is 0. The topological polar surface area (TPSA) is 64.0 Å². The first-order valence-electron chi connectivity index (χ1n) is 10.3. The van der Waals surface area contributed by atoms with Gasteiger partial charge in [0.2, 0.25) is 5.91 Å². The molecule has 0 radical (unpaired) electrons. The van der Waals surface area contributed by atoms with Crippen LogP contribution >= 0.6 is 0 Å². The molecular weight excluding hydrogens is 362 g/mol. The number of fused-ring (bicyclic) bond motifs is 1. The predicted molar refractivity (Wildman–Crippen MR) is 118 cm³/mol. The van der Waals surface area contributed by atoms with E-state index in [2.05, 4.69) is 30.3 Å². The molecule has 1 N–H and O–H groups in total. The Morgan fingerprint density at radius 1 is 1.00 bits per heavy atom. The van der Waals surface area contributed by atoms with Crippen LogP contribution in [0.15, 0.2) is 59.4 Å². The highest BCUT2D eigenvalue weighted by atomic mass is 16.2. The second-order valence-electron chi connectivity index (χ2n) is 8.07. The number of hydrogen-bond acceptors (Lipinski definition) is 3. The first-order chi connectivity index (χ1) is 13.9. The Bertz CT molecular complexity index is 1040. The Labute approximate surface area is 171 Å². The Kier molecular flexibility index (Phi) is 6.81. The molecule has 0 bridgehead atoms. The molecule has 3 rings (SSSR count). The molecule has 0 aliphatic heterocycles. The lowest BCUT2D eigenvalue weighted by molar-refractivity contribution is -0.122. The summed E-state index contributed by atoms with van der Waals surface area (Å²) in [7, 11) is 0. The zero-order valence-electron chi connectivity index (χ0n) is 17.4. The van der Waals surface area contributed by atoms with E-state index in [0.29, 0.717) is 11.6 Å². The third-order valence-electron chi connectivity index (χ3n) is 5.03. The second kappa shape index (κ2) is 9.50. The minimum absolute atomic E-state index is 0.0746. The molecule has 152 valence electrons. The molecule has 29 heavy (non-hydrogen) atoms. The molecule has 0 aliphatic rings. The van der Waals surface area contributed by atoms with E-state index in [1.54, 1.807) is 6.07 Å². The summed E-state index contributed by atoms with van der Waals surface area (Å²) in [5.41, 5.74) is 1.31. The van der Waals surface area contributed by atoms with Gasteiger partial charge in [-0.15, -0.1) is 0 Å². The molecule has 0 spiro atoms. The summed E-state index contributed by atoms with van der Waals surface area (Å²) in [5, 5.41) is 9.66. The fraction of sp³-hybridized carbons (Fsp3) is 0.375. The van der Waals surface area contributed by atoms with Crippen LogP contribution in [-0.2, 0) is 11.3 Å². The maximum Gasteiger partial charge on any atom is 0.267 e. The average molecular weight is 392 g/mol. The van der Waals surface area contributed by atoms with E-state index in [9.17, 15) is 9.59 Å². The van der Waals surface area contributed by atoms with Gasteiger partial charge in [-0.25, -0.2) is 4.68 Å². The van der Waals surface area contributed by atoms with Crippen molar-refractivity contribution < 1.29 is 4.79 Å². The Morgan fingerprint density at radius 3 is 2.52 bits per heavy atom. The fourth-order valence-electron chi connectivity index (χ4n) is 3.43. The van der Waals surface area contributed by atoms with E-state index in [1.807, 2.05) is 43.3 Å². The van der Waals surface area contributed by atoms with Gasteiger partial charge in [0.05, 0.1) is 5.69 Å². The van der Waals surface area contributed by atoms with Crippen molar-refractivity contribution in [2.24, 2.45) is 5.92 Å². The van der Waals surface area contributed by atoms with Gasteiger partial charge in [-0.1, -0.05) is 63.1 Å². The van der Waals surface area contributed by atoms with E-state index >= 15 is 0 Å². The standard InChI is InChI=1S/C24H29N3O2/c1-17(2)7-6-8-18(3)25-23(28)16-27-24(29)14-13-22(26-27)21-12-11-19-9-4-5-10-20(19)15-21/h4-5,9-15,17-18H,6-8,16H2,1-3H3,(H,25,28)/t18-/m1/s1. The monoisotopic (exact) mass is 391 g/mol. The van der Waals surface area contributed by atoms with E-state index in [4.69, 9.17) is 0 Å². The molecule has 1 aromatic heterocycles. The number of carbonyl (C=O) groups excluding carboxylic acids is 1. The molecule has 5 heteroatoms. The van der Waals surface area contributed by atoms with Crippen molar-refractivity contribution >= 4 is 16.7 Å². The highest BCUT2D eigenvalue weighted by Crippen LogP contribution is 2.22. The summed E-state index contributed by atoms with van der Waals surface area (Å²) in [6.07, 6.45) is 3.16. The SMILES string of the molecule is CC(C)CCC[C@@H](C)NC(=O)Cn1nc(-c2ccc3ccccc3c2)ccc1=O. The maximum atomic E-state index is 12.4. The summed E-state index contributed by atoms with van der Waals surface area (Å²) in [4.78, 5) is 24.6. The van der Waals surface area contributed by atoms with Crippen LogP contribution in [0.4, 0.5) is 0 Å². The van der Waals surface area contributed by atoms with Crippen LogP contribution in [0, 0.1) is 5.92 Å². The number of rotatable bonds is 8. The molecular formula is C24H29N3O2. The molecule has 5 nitrogen and oxygen atoms in total. The van der Waals surface area contributed by atoms with Gasteiger partial charge in [0.15, 0.2) is 0 Å². The van der Waals surface area contributed by atoms with Gasteiger partial charge < -0.3 is 5.32 Å². The van der Waals surface area contributed by atoms with Crippen LogP contribution in [0.25, 0.3) is 22.0 Å². The van der Waals surface area contributed by atoms with Gasteiger partial charge in [0, 0.05) is 17.7 Å². The molecule has 0 unspecified atom stereocenters. The van der Waals surface area contributed by atoms with Crippen LogP contribution in [-0.4, -0.2) is 21.7 Å². The van der Waals surface area contributed by atoms with Gasteiger partial charge in [0.1, 0.15) is 6.54 Å². The highest BCUT2D eigenvalue weighted by Gasteiger charge is 2.11. The lowest BCUT2D eigenvalue weighted by atomic mass is 10.0. The minimum atomic E-state index is -0.280. The number of amides is 1. The van der Waals surface area contributed by atoms with Crippen molar-refractivity contribution in [2.45, 2.75) is 52.6 Å². The molecule has 1 atom stereocenters. The molecule has 0 saturated carbocycles. The first-order valence-corrected chi connectivity index (χ1v) is 10.3. The quantitative estimate of drug-likeness (QED) is 0.619. The number of nitrogens with zero attached hydrogens (tertiary/aromatic N) is 2. The minimum Gasteiger partial charge on any atom is -0.352 e. The fourth-order valence-corrected chi connectivity index (χ4v) is 3.43. The van der Waals surface area contributed by atoms with Crippen LogP contribution in [0.1, 0.15) is 40.0 Å². The van der Waals surface area contributed by atoms with Crippen molar-refractivity contribution in [2.75, 3.05) is 0 Å². The normalized spacial score (nSPS) is 12.3. The molecule has 3 aromatic rings. The summed E-state index contributed by atoms with van der Waals surface area (Å²) in [6, 6.07) is 17.4. The summed E-state index contributed by atoms with van der Waals surface area (Å²) in [5.74, 6) is 0.478. The summed E-state index contributed by atoms with van der Waals surface area (Å²) < 4.78 is 1.24. The molecule has 1 amide bonds. The van der Waals surface area contributed by atoms with Gasteiger partial charge >= 0.3 is 0 Å². The predicted octanol–water partition coefficient (Wildman–Crippen LogP) is 4.39. The van der Waals surface area contributed by atoms with E-state index in [-0.39, 0.29) is 24.1 Å². The lowest BCUT2D eigenvalue weighted by Crippen LogP contribution is -2.38. The van der Waals surface area contributed by atoms with Crippen LogP contribution < -0.4 is 10.9 Å². The van der Waals surface area contributed by atoms with Crippen molar-refractivity contribution in [3.05, 3.63) is 65.0 Å². The zero-order chi connectivity index (χ0) is 20.8. The zero-order valence-corrected chi connectivity index (χ0v) is 17.4. The Morgan fingerprint density at radius 2 is 1.76 bits per heavy atom. The summed E-state index contributed by atoms with van der Waals surface area (Å²) in [6.45, 7) is 6.32. The smallest absolute Gasteiger partial charge is 0.267 e. The molecule has 2 aromatic carbocycles. The van der Waals surface area contributed by atoms with E-state index < -0.39 is 0 Å². The highest BCUT2D eigenvalue weighted by molar-refractivity contribution is 5.86. The van der Waals surface area contributed by atoms with Gasteiger partial charge in [-0.2, -0.15) is 5.10 Å². The average Bonchev–Trinajstić information content (AvgIpc) is 2.69. The Balaban J connectivity index is 1.70. The first kappa shape index (κ1) is 20.8. The van der Waals surface area contributed by atoms with Crippen LogP contribution in [0.2, 0.25) is 0 Å². The van der Waals surface area contributed by atoms with Crippen molar-refractivity contribution in [3.63, 3.8) is 0 Å². The van der Waals surface area contributed by atoms with Crippen LogP contribution in [0.3, 0.4) is 0 Å². The number of hydrogen-bond donors (Lipinski definition) is 1. The van der Waals surface area contributed by atoms with Crippen molar-refractivity contribution in [1.29, 1.82) is 0 Å². The number of nitrogens with one attached hydrogen (secondary N) is 1. The number of carbonyl (C=O) groups is 1. The van der Waals surface area contributed by atoms with Gasteiger partial charge in [-0.3, -0.25) is 9.59 Å². The lowest BCUT2D eigenvalue weighted by Gasteiger charge is -2.15. The molecule has 1 heterocycles. The molecule has 0 saturated heterocycles. The van der Waals surface area contributed by atoms with Crippen molar-refractivity contribution in [3.8, 4) is 11.3 Å².